The fraction of sp³-hybridized carbons (Fsp3) is 0.364. The molecule has 0 spiro atoms. The number of benzene rings is 2. The van der Waals surface area contributed by atoms with E-state index in [1.165, 1.54) is 5.56 Å². The molecule has 1 amide bonds. The Balaban J connectivity index is 1.44. The first-order valence-electron chi connectivity index (χ1n) is 9.56. The molecule has 0 saturated carbocycles. The zero-order valence-electron chi connectivity index (χ0n) is 15.7. The number of carbonyl (C=O) groups excluding carboxylic acids is 1. The number of ether oxygens (including phenoxy) is 1. The fourth-order valence-corrected chi connectivity index (χ4v) is 3.97. The number of nitrogens with zero attached hydrogens (tertiary/aromatic N) is 3. The van der Waals surface area contributed by atoms with Gasteiger partial charge in [-0.15, -0.1) is 0 Å². The van der Waals surface area contributed by atoms with Gasteiger partial charge < -0.3 is 4.74 Å². The lowest BCUT2D eigenvalue weighted by atomic mass is 10.0. The van der Waals surface area contributed by atoms with Crippen molar-refractivity contribution in [3.63, 3.8) is 0 Å². The highest BCUT2D eigenvalue weighted by Crippen LogP contribution is 2.33. The van der Waals surface area contributed by atoms with Crippen molar-refractivity contribution >= 4 is 11.6 Å². The van der Waals surface area contributed by atoms with Crippen LogP contribution in [-0.2, 0) is 4.79 Å². The Bertz CT molecular complexity index is 834. The summed E-state index contributed by atoms with van der Waals surface area (Å²) < 4.78 is 5.35. The van der Waals surface area contributed by atoms with E-state index < -0.39 is 0 Å². The van der Waals surface area contributed by atoms with E-state index >= 15 is 0 Å². The minimum absolute atomic E-state index is 0.0794. The van der Waals surface area contributed by atoms with Crippen LogP contribution in [0.4, 0.5) is 0 Å². The number of carbonyl (C=O) groups is 1. The molecule has 2 heterocycles. The molecule has 140 valence electrons. The SMILES string of the molecule is COc1cccc(C2CCCN2CC(=O)N2CCC(c3ccccc3)=N2)c1. The van der Waals surface area contributed by atoms with Gasteiger partial charge in [0.05, 0.1) is 25.9 Å². The van der Waals surface area contributed by atoms with Gasteiger partial charge in [0.25, 0.3) is 5.91 Å². The van der Waals surface area contributed by atoms with Crippen LogP contribution >= 0.6 is 0 Å². The summed E-state index contributed by atoms with van der Waals surface area (Å²) in [7, 11) is 1.69. The molecular weight excluding hydrogens is 338 g/mol. The zero-order chi connectivity index (χ0) is 18.6. The molecule has 1 fully saturated rings. The second-order valence-electron chi connectivity index (χ2n) is 7.08. The van der Waals surface area contributed by atoms with Crippen LogP contribution in [0.3, 0.4) is 0 Å². The summed E-state index contributed by atoms with van der Waals surface area (Å²) in [5.74, 6) is 0.943. The number of amides is 1. The maximum atomic E-state index is 12.8. The maximum Gasteiger partial charge on any atom is 0.256 e. The Morgan fingerprint density at radius 3 is 2.81 bits per heavy atom. The monoisotopic (exact) mass is 363 g/mol. The van der Waals surface area contributed by atoms with Crippen molar-refractivity contribution in [2.75, 3.05) is 26.7 Å². The van der Waals surface area contributed by atoms with Crippen LogP contribution in [0, 0.1) is 0 Å². The second-order valence-corrected chi connectivity index (χ2v) is 7.08. The van der Waals surface area contributed by atoms with Gasteiger partial charge in [0.2, 0.25) is 0 Å². The van der Waals surface area contributed by atoms with E-state index in [-0.39, 0.29) is 11.9 Å². The molecule has 2 aromatic rings. The Kier molecular flexibility index (Phi) is 5.21. The van der Waals surface area contributed by atoms with Crippen LogP contribution in [-0.4, -0.2) is 48.3 Å². The fourth-order valence-electron chi connectivity index (χ4n) is 3.97. The van der Waals surface area contributed by atoms with Crippen molar-refractivity contribution in [2.45, 2.75) is 25.3 Å². The molecule has 4 rings (SSSR count). The van der Waals surface area contributed by atoms with Gasteiger partial charge in [-0.2, -0.15) is 5.10 Å². The minimum Gasteiger partial charge on any atom is -0.497 e. The zero-order valence-corrected chi connectivity index (χ0v) is 15.7. The lowest BCUT2D eigenvalue weighted by Crippen LogP contribution is -2.36. The summed E-state index contributed by atoms with van der Waals surface area (Å²) in [5.41, 5.74) is 3.31. The number of hydrogen-bond acceptors (Lipinski definition) is 4. The van der Waals surface area contributed by atoms with Gasteiger partial charge in [-0.25, -0.2) is 5.01 Å². The number of rotatable bonds is 5. The van der Waals surface area contributed by atoms with Crippen LogP contribution in [0.15, 0.2) is 59.7 Å². The Hall–Kier alpha value is -2.66. The summed E-state index contributed by atoms with van der Waals surface area (Å²) >= 11 is 0. The van der Waals surface area contributed by atoms with Crippen LogP contribution in [0.25, 0.3) is 0 Å². The predicted octanol–water partition coefficient (Wildman–Crippen LogP) is 3.47. The molecule has 0 bridgehead atoms. The van der Waals surface area contributed by atoms with Crippen LogP contribution < -0.4 is 4.74 Å². The van der Waals surface area contributed by atoms with Crippen molar-refractivity contribution in [3.8, 4) is 5.75 Å². The Labute approximate surface area is 160 Å². The third kappa shape index (κ3) is 3.88. The van der Waals surface area contributed by atoms with E-state index in [4.69, 9.17) is 4.74 Å². The van der Waals surface area contributed by atoms with E-state index in [1.807, 2.05) is 42.5 Å². The minimum atomic E-state index is 0.0794. The van der Waals surface area contributed by atoms with E-state index in [9.17, 15) is 4.79 Å². The third-order valence-corrected chi connectivity index (χ3v) is 5.38. The lowest BCUT2D eigenvalue weighted by Gasteiger charge is -2.25. The Morgan fingerprint density at radius 1 is 1.15 bits per heavy atom. The largest absolute Gasteiger partial charge is 0.497 e. The van der Waals surface area contributed by atoms with Crippen LogP contribution in [0.2, 0.25) is 0 Å². The van der Waals surface area contributed by atoms with Gasteiger partial charge >= 0.3 is 0 Å². The van der Waals surface area contributed by atoms with E-state index in [2.05, 4.69) is 22.1 Å². The molecule has 2 aromatic carbocycles. The molecule has 0 aliphatic carbocycles. The molecule has 0 radical (unpaired) electrons. The molecule has 1 unspecified atom stereocenters. The van der Waals surface area contributed by atoms with Gasteiger partial charge in [0.1, 0.15) is 5.75 Å². The van der Waals surface area contributed by atoms with Crippen molar-refractivity contribution in [2.24, 2.45) is 5.10 Å². The molecular formula is C22H25N3O2. The first-order chi connectivity index (χ1) is 13.2. The second kappa shape index (κ2) is 7.92. The number of methoxy groups -OCH3 is 1. The molecule has 27 heavy (non-hydrogen) atoms. The summed E-state index contributed by atoms with van der Waals surface area (Å²) in [6.07, 6.45) is 2.99. The molecule has 1 saturated heterocycles. The first kappa shape index (κ1) is 17.7. The quantitative estimate of drug-likeness (QED) is 0.817. The normalized spacial score (nSPS) is 20.0. The Morgan fingerprint density at radius 2 is 2.00 bits per heavy atom. The summed E-state index contributed by atoms with van der Waals surface area (Å²) in [5, 5.41) is 6.22. The summed E-state index contributed by atoms with van der Waals surface area (Å²) in [4.78, 5) is 15.1. The van der Waals surface area contributed by atoms with E-state index in [0.29, 0.717) is 13.1 Å². The van der Waals surface area contributed by atoms with Crippen molar-refractivity contribution in [1.29, 1.82) is 0 Å². The highest BCUT2D eigenvalue weighted by Gasteiger charge is 2.30. The molecule has 0 aromatic heterocycles. The predicted molar refractivity (Wildman–Crippen MR) is 106 cm³/mol. The van der Waals surface area contributed by atoms with Crippen molar-refractivity contribution in [1.82, 2.24) is 9.91 Å². The van der Waals surface area contributed by atoms with Gasteiger partial charge in [0.15, 0.2) is 0 Å². The van der Waals surface area contributed by atoms with Gasteiger partial charge in [-0.3, -0.25) is 9.69 Å². The van der Waals surface area contributed by atoms with Crippen LogP contribution in [0.5, 0.6) is 5.75 Å². The molecule has 0 N–H and O–H groups in total. The topological polar surface area (TPSA) is 45.1 Å². The average molecular weight is 363 g/mol. The number of likely N-dealkylation sites (tertiary alicyclic amines) is 1. The van der Waals surface area contributed by atoms with Crippen molar-refractivity contribution in [3.05, 3.63) is 65.7 Å². The third-order valence-electron chi connectivity index (χ3n) is 5.38. The van der Waals surface area contributed by atoms with E-state index in [1.54, 1.807) is 12.1 Å². The summed E-state index contributed by atoms with van der Waals surface area (Å²) in [6, 6.07) is 18.5. The standard InChI is InChI=1S/C22H25N3O2/c1-27-19-10-5-9-18(15-19)21-11-6-13-24(21)16-22(26)25-14-12-20(23-25)17-7-3-2-4-8-17/h2-5,7-10,15,21H,6,11-14,16H2,1H3. The summed E-state index contributed by atoms with van der Waals surface area (Å²) in [6.45, 7) is 2.02. The number of hydrazone groups is 1. The number of hydrogen-bond donors (Lipinski definition) is 0. The smallest absolute Gasteiger partial charge is 0.256 e. The maximum absolute atomic E-state index is 12.8. The average Bonchev–Trinajstić information content (AvgIpc) is 3.38. The first-order valence-corrected chi connectivity index (χ1v) is 9.56. The van der Waals surface area contributed by atoms with E-state index in [0.717, 1.165) is 42.8 Å². The molecule has 2 aliphatic heterocycles. The van der Waals surface area contributed by atoms with Crippen LogP contribution in [0.1, 0.15) is 36.4 Å². The highest BCUT2D eigenvalue weighted by molar-refractivity contribution is 6.02. The van der Waals surface area contributed by atoms with Gasteiger partial charge in [0, 0.05) is 12.5 Å². The molecule has 2 aliphatic rings. The van der Waals surface area contributed by atoms with Gasteiger partial charge in [-0.05, 0) is 42.6 Å². The highest BCUT2D eigenvalue weighted by atomic mass is 16.5. The van der Waals surface area contributed by atoms with Crippen molar-refractivity contribution < 1.29 is 9.53 Å². The molecule has 5 heteroatoms. The molecule has 5 nitrogen and oxygen atoms in total. The molecule has 1 atom stereocenters. The van der Waals surface area contributed by atoms with Gasteiger partial charge in [-0.1, -0.05) is 42.5 Å². The lowest BCUT2D eigenvalue weighted by molar-refractivity contribution is -0.132.